The molecule has 1 aliphatic carbocycles. The van der Waals surface area contributed by atoms with Crippen molar-refractivity contribution in [2.45, 2.75) is 32.4 Å². The number of aliphatic imine (C=N–C) groups is 1. The number of rotatable bonds is 4. The van der Waals surface area contributed by atoms with Gasteiger partial charge in [-0.2, -0.15) is 5.26 Å². The van der Waals surface area contributed by atoms with Crippen LogP contribution in [0.5, 0.6) is 0 Å². The molecule has 0 atom stereocenters. The van der Waals surface area contributed by atoms with E-state index in [0.29, 0.717) is 18.2 Å². The molecule has 0 bridgehead atoms. The van der Waals surface area contributed by atoms with Gasteiger partial charge in [-0.15, -0.1) is 24.0 Å². The van der Waals surface area contributed by atoms with Crippen LogP contribution in [0.2, 0.25) is 0 Å². The maximum atomic E-state index is 8.77. The topological polar surface area (TPSA) is 60.2 Å². The summed E-state index contributed by atoms with van der Waals surface area (Å²) in [6, 6.07) is 10.1. The summed E-state index contributed by atoms with van der Waals surface area (Å²) in [4.78, 5) is 4.59. The van der Waals surface area contributed by atoms with E-state index in [0.717, 1.165) is 30.9 Å². The van der Waals surface area contributed by atoms with Gasteiger partial charge in [0.05, 0.1) is 18.2 Å². The van der Waals surface area contributed by atoms with Crippen LogP contribution in [0, 0.1) is 11.3 Å². The second kappa shape index (κ2) is 9.40. The van der Waals surface area contributed by atoms with Crippen molar-refractivity contribution >= 4 is 29.9 Å². The highest BCUT2D eigenvalue weighted by molar-refractivity contribution is 14.0. The summed E-state index contributed by atoms with van der Waals surface area (Å²) in [5, 5.41) is 15.5. The van der Waals surface area contributed by atoms with Gasteiger partial charge in [0.25, 0.3) is 0 Å². The fraction of sp³-hybridized carbons (Fsp3) is 0.375. The van der Waals surface area contributed by atoms with E-state index < -0.39 is 0 Å². The fourth-order valence-corrected chi connectivity index (χ4v) is 2.10. The van der Waals surface area contributed by atoms with E-state index in [9.17, 15) is 0 Å². The standard InChI is InChI=1S/C16H20N4.HI/c1-2-18-16(20-15-5-3-4-6-15)19-12-14-9-7-13(11-17)8-10-14;/h3-4,7-10,15H,2,5-6,12H2,1H3,(H2,18,19,20);1H. The molecule has 0 radical (unpaired) electrons. The molecule has 112 valence electrons. The molecule has 1 aromatic rings. The molecule has 2 N–H and O–H groups in total. The zero-order valence-corrected chi connectivity index (χ0v) is 14.5. The number of hydrogen-bond acceptors (Lipinski definition) is 2. The minimum absolute atomic E-state index is 0. The summed E-state index contributed by atoms with van der Waals surface area (Å²) in [5.74, 6) is 0.852. The molecule has 5 heteroatoms. The third kappa shape index (κ3) is 5.76. The number of nitrogens with one attached hydrogen (secondary N) is 2. The molecule has 0 aromatic heterocycles. The monoisotopic (exact) mass is 396 g/mol. The van der Waals surface area contributed by atoms with E-state index in [1.165, 1.54) is 0 Å². The van der Waals surface area contributed by atoms with Crippen molar-refractivity contribution < 1.29 is 0 Å². The van der Waals surface area contributed by atoms with Crippen molar-refractivity contribution in [3.05, 3.63) is 47.5 Å². The minimum Gasteiger partial charge on any atom is -0.357 e. The summed E-state index contributed by atoms with van der Waals surface area (Å²) in [5.41, 5.74) is 1.78. The van der Waals surface area contributed by atoms with Gasteiger partial charge in [0.15, 0.2) is 5.96 Å². The molecule has 2 rings (SSSR count). The van der Waals surface area contributed by atoms with E-state index in [1.54, 1.807) is 0 Å². The number of nitrogens with zero attached hydrogens (tertiary/aromatic N) is 2. The smallest absolute Gasteiger partial charge is 0.191 e. The van der Waals surface area contributed by atoms with E-state index in [-0.39, 0.29) is 24.0 Å². The Balaban J connectivity index is 0.00000220. The van der Waals surface area contributed by atoms with Gasteiger partial charge in [-0.3, -0.25) is 0 Å². The molecule has 0 amide bonds. The predicted molar refractivity (Wildman–Crippen MR) is 96.7 cm³/mol. The van der Waals surface area contributed by atoms with Crippen LogP contribution in [0.25, 0.3) is 0 Å². The molecular weight excluding hydrogens is 375 g/mol. The molecule has 1 aliphatic rings. The summed E-state index contributed by atoms with van der Waals surface area (Å²) >= 11 is 0. The van der Waals surface area contributed by atoms with Crippen LogP contribution in [-0.2, 0) is 6.54 Å². The lowest BCUT2D eigenvalue weighted by molar-refractivity contribution is 0.633. The first-order valence-electron chi connectivity index (χ1n) is 7.00. The van der Waals surface area contributed by atoms with Gasteiger partial charge in [0.2, 0.25) is 0 Å². The average molecular weight is 396 g/mol. The Bertz CT molecular complexity index is 520. The van der Waals surface area contributed by atoms with E-state index in [2.05, 4.69) is 40.8 Å². The maximum Gasteiger partial charge on any atom is 0.191 e. The second-order valence-corrected chi connectivity index (χ2v) is 4.79. The molecule has 0 saturated carbocycles. The van der Waals surface area contributed by atoms with Gasteiger partial charge >= 0.3 is 0 Å². The highest BCUT2D eigenvalue weighted by Crippen LogP contribution is 2.09. The lowest BCUT2D eigenvalue weighted by atomic mass is 10.1. The molecular formula is C16H21IN4. The van der Waals surface area contributed by atoms with Crippen LogP contribution in [0.1, 0.15) is 30.9 Å². The quantitative estimate of drug-likeness (QED) is 0.356. The van der Waals surface area contributed by atoms with E-state index in [4.69, 9.17) is 5.26 Å². The Kier molecular flexibility index (Phi) is 7.83. The van der Waals surface area contributed by atoms with Crippen molar-refractivity contribution in [3.63, 3.8) is 0 Å². The summed E-state index contributed by atoms with van der Waals surface area (Å²) < 4.78 is 0. The largest absolute Gasteiger partial charge is 0.357 e. The van der Waals surface area contributed by atoms with Crippen LogP contribution >= 0.6 is 24.0 Å². The zero-order valence-electron chi connectivity index (χ0n) is 12.2. The van der Waals surface area contributed by atoms with Gasteiger partial charge in [0.1, 0.15) is 0 Å². The normalized spacial score (nSPS) is 14.4. The van der Waals surface area contributed by atoms with Crippen LogP contribution in [0.4, 0.5) is 0 Å². The number of nitriles is 1. The number of guanidine groups is 1. The van der Waals surface area contributed by atoms with Crippen LogP contribution in [0.15, 0.2) is 41.4 Å². The van der Waals surface area contributed by atoms with Gasteiger partial charge in [-0.25, -0.2) is 4.99 Å². The van der Waals surface area contributed by atoms with Gasteiger partial charge < -0.3 is 10.6 Å². The lowest BCUT2D eigenvalue weighted by Gasteiger charge is -2.16. The molecule has 0 unspecified atom stereocenters. The minimum atomic E-state index is 0. The summed E-state index contributed by atoms with van der Waals surface area (Å²) in [7, 11) is 0. The Morgan fingerprint density at radius 2 is 1.95 bits per heavy atom. The first-order chi connectivity index (χ1) is 9.81. The SMILES string of the molecule is CCNC(=NCc1ccc(C#N)cc1)NC1CC=CC1.I. The Morgan fingerprint density at radius 1 is 1.29 bits per heavy atom. The predicted octanol–water partition coefficient (Wildman–Crippen LogP) is 2.95. The van der Waals surface area contributed by atoms with Crippen molar-refractivity contribution in [2.24, 2.45) is 4.99 Å². The third-order valence-corrected chi connectivity index (χ3v) is 3.20. The number of halogens is 1. The van der Waals surface area contributed by atoms with Crippen molar-refractivity contribution in [1.82, 2.24) is 10.6 Å². The molecule has 0 spiro atoms. The lowest BCUT2D eigenvalue weighted by Crippen LogP contribution is -2.42. The molecule has 0 fully saturated rings. The molecule has 0 saturated heterocycles. The van der Waals surface area contributed by atoms with Crippen LogP contribution in [0.3, 0.4) is 0 Å². The maximum absolute atomic E-state index is 8.77. The first kappa shape index (κ1) is 17.5. The highest BCUT2D eigenvalue weighted by Gasteiger charge is 2.11. The van der Waals surface area contributed by atoms with Crippen LogP contribution < -0.4 is 10.6 Å². The third-order valence-electron chi connectivity index (χ3n) is 3.20. The van der Waals surface area contributed by atoms with Gasteiger partial charge in [0, 0.05) is 12.6 Å². The number of hydrogen-bond donors (Lipinski definition) is 2. The number of benzene rings is 1. The second-order valence-electron chi connectivity index (χ2n) is 4.79. The van der Waals surface area contributed by atoms with E-state index >= 15 is 0 Å². The first-order valence-corrected chi connectivity index (χ1v) is 7.00. The molecule has 0 heterocycles. The highest BCUT2D eigenvalue weighted by atomic mass is 127. The fourth-order valence-electron chi connectivity index (χ4n) is 2.10. The van der Waals surface area contributed by atoms with E-state index in [1.807, 2.05) is 24.3 Å². The van der Waals surface area contributed by atoms with Crippen molar-refractivity contribution in [3.8, 4) is 6.07 Å². The van der Waals surface area contributed by atoms with Crippen LogP contribution in [-0.4, -0.2) is 18.5 Å². The molecule has 21 heavy (non-hydrogen) atoms. The zero-order chi connectivity index (χ0) is 14.2. The summed E-state index contributed by atoms with van der Waals surface area (Å²) in [6.45, 7) is 3.52. The average Bonchev–Trinajstić information content (AvgIpc) is 2.98. The summed E-state index contributed by atoms with van der Waals surface area (Å²) in [6.07, 6.45) is 6.51. The van der Waals surface area contributed by atoms with Gasteiger partial charge in [-0.05, 0) is 37.5 Å². The Morgan fingerprint density at radius 3 is 2.52 bits per heavy atom. The van der Waals surface area contributed by atoms with Crippen molar-refractivity contribution in [2.75, 3.05) is 6.54 Å². The van der Waals surface area contributed by atoms with Gasteiger partial charge in [-0.1, -0.05) is 24.3 Å². The molecule has 1 aromatic carbocycles. The molecule has 0 aliphatic heterocycles. The Labute approximate surface area is 143 Å². The molecule has 4 nitrogen and oxygen atoms in total. The van der Waals surface area contributed by atoms with Crippen molar-refractivity contribution in [1.29, 1.82) is 5.26 Å². The Hall–Kier alpha value is -1.55.